The Morgan fingerprint density at radius 1 is 1.33 bits per heavy atom. The summed E-state index contributed by atoms with van der Waals surface area (Å²) in [6.45, 7) is -0.742. The molecule has 1 aromatic heterocycles. The standard InChI is InChI=1S/C14H13ClFN3O2/c1-21-10-4-2-9(3-5-10)7-17-14-12(11(20)6-16)13(15)18-8-19-14/h2-5,8H,6-7H2,1H3,(H,17,18,19). The lowest BCUT2D eigenvalue weighted by molar-refractivity contribution is 0.0959. The van der Waals surface area contributed by atoms with Gasteiger partial charge in [-0.2, -0.15) is 0 Å². The number of benzene rings is 1. The first-order chi connectivity index (χ1) is 10.2. The van der Waals surface area contributed by atoms with Crippen molar-refractivity contribution in [2.24, 2.45) is 0 Å². The van der Waals surface area contributed by atoms with Crippen LogP contribution in [0.4, 0.5) is 10.2 Å². The minimum absolute atomic E-state index is 0.0322. The number of Topliss-reactive ketones (excluding diaryl/α,β-unsaturated/α-hetero) is 1. The maximum atomic E-state index is 12.6. The van der Waals surface area contributed by atoms with E-state index in [0.717, 1.165) is 11.3 Å². The average Bonchev–Trinajstić information content (AvgIpc) is 2.52. The fourth-order valence-electron chi connectivity index (χ4n) is 1.74. The van der Waals surface area contributed by atoms with Gasteiger partial charge in [0.1, 0.15) is 28.6 Å². The molecule has 21 heavy (non-hydrogen) atoms. The molecule has 2 rings (SSSR count). The maximum absolute atomic E-state index is 12.6. The van der Waals surface area contributed by atoms with Crippen LogP contribution in [0.2, 0.25) is 5.15 Å². The first-order valence-corrected chi connectivity index (χ1v) is 6.50. The van der Waals surface area contributed by atoms with E-state index in [0.29, 0.717) is 6.54 Å². The van der Waals surface area contributed by atoms with Crippen molar-refractivity contribution in [1.29, 1.82) is 0 Å². The predicted octanol–water partition coefficient (Wildman–Crippen LogP) is 2.90. The molecule has 0 spiro atoms. The molecular formula is C14H13ClFN3O2. The summed E-state index contributed by atoms with van der Waals surface area (Å²) >= 11 is 5.83. The number of hydrogen-bond acceptors (Lipinski definition) is 5. The summed E-state index contributed by atoms with van der Waals surface area (Å²) in [5.41, 5.74) is 0.916. The van der Waals surface area contributed by atoms with E-state index in [1.807, 2.05) is 24.3 Å². The van der Waals surface area contributed by atoms with E-state index in [1.54, 1.807) is 7.11 Å². The summed E-state index contributed by atoms with van der Waals surface area (Å²) in [6, 6.07) is 7.37. The molecule has 0 atom stereocenters. The van der Waals surface area contributed by atoms with Gasteiger partial charge in [-0.3, -0.25) is 4.79 Å². The molecule has 0 aliphatic carbocycles. The number of carbonyl (C=O) groups excluding carboxylic acids is 1. The van der Waals surface area contributed by atoms with Gasteiger partial charge in [-0.05, 0) is 17.7 Å². The highest BCUT2D eigenvalue weighted by Crippen LogP contribution is 2.21. The van der Waals surface area contributed by atoms with Crippen LogP contribution in [0.25, 0.3) is 0 Å². The summed E-state index contributed by atoms with van der Waals surface area (Å²) in [6.07, 6.45) is 1.22. The van der Waals surface area contributed by atoms with E-state index in [1.165, 1.54) is 6.33 Å². The lowest BCUT2D eigenvalue weighted by Crippen LogP contribution is -2.11. The summed E-state index contributed by atoms with van der Waals surface area (Å²) in [7, 11) is 1.59. The number of carbonyl (C=O) groups is 1. The maximum Gasteiger partial charge on any atom is 0.200 e. The number of aromatic nitrogens is 2. The van der Waals surface area contributed by atoms with Crippen molar-refractivity contribution in [2.45, 2.75) is 6.54 Å². The van der Waals surface area contributed by atoms with Crippen LogP contribution in [0, 0.1) is 0 Å². The Morgan fingerprint density at radius 2 is 2.05 bits per heavy atom. The van der Waals surface area contributed by atoms with Crippen molar-refractivity contribution in [3.05, 3.63) is 46.9 Å². The largest absolute Gasteiger partial charge is 0.497 e. The number of alkyl halides is 1. The second-order valence-electron chi connectivity index (χ2n) is 4.15. The fraction of sp³-hybridized carbons (Fsp3) is 0.214. The zero-order valence-electron chi connectivity index (χ0n) is 11.3. The molecule has 0 unspecified atom stereocenters. The van der Waals surface area contributed by atoms with Gasteiger partial charge in [0.05, 0.1) is 7.11 Å². The molecule has 1 aromatic carbocycles. The third-order valence-electron chi connectivity index (χ3n) is 2.82. The quantitative estimate of drug-likeness (QED) is 0.656. The molecular weight excluding hydrogens is 297 g/mol. The van der Waals surface area contributed by atoms with E-state index < -0.39 is 12.5 Å². The monoisotopic (exact) mass is 309 g/mol. The van der Waals surface area contributed by atoms with Crippen LogP contribution < -0.4 is 10.1 Å². The van der Waals surface area contributed by atoms with Gasteiger partial charge >= 0.3 is 0 Å². The molecule has 0 aliphatic heterocycles. The third-order valence-corrected chi connectivity index (χ3v) is 3.11. The summed E-state index contributed by atoms with van der Waals surface area (Å²) in [5, 5.41) is 2.89. The number of methoxy groups -OCH3 is 1. The van der Waals surface area contributed by atoms with Crippen LogP contribution in [-0.2, 0) is 6.54 Å². The van der Waals surface area contributed by atoms with Crippen molar-refractivity contribution in [3.8, 4) is 5.75 Å². The Kier molecular flexibility index (Phi) is 5.05. The molecule has 5 nitrogen and oxygen atoms in total. The van der Waals surface area contributed by atoms with E-state index >= 15 is 0 Å². The second-order valence-corrected chi connectivity index (χ2v) is 4.50. The van der Waals surface area contributed by atoms with Gasteiger partial charge < -0.3 is 10.1 Å². The predicted molar refractivity (Wildman–Crippen MR) is 77.7 cm³/mol. The molecule has 1 heterocycles. The van der Waals surface area contributed by atoms with Gasteiger partial charge in [-0.1, -0.05) is 23.7 Å². The normalized spacial score (nSPS) is 10.2. The molecule has 1 N–H and O–H groups in total. The highest BCUT2D eigenvalue weighted by molar-refractivity contribution is 6.33. The fourth-order valence-corrected chi connectivity index (χ4v) is 1.98. The van der Waals surface area contributed by atoms with Crippen LogP contribution in [0.3, 0.4) is 0 Å². The Hall–Kier alpha value is -2.21. The summed E-state index contributed by atoms with van der Waals surface area (Å²) in [4.78, 5) is 19.2. The first-order valence-electron chi connectivity index (χ1n) is 6.12. The smallest absolute Gasteiger partial charge is 0.200 e. The van der Waals surface area contributed by atoms with Crippen LogP contribution >= 0.6 is 11.6 Å². The van der Waals surface area contributed by atoms with E-state index in [4.69, 9.17) is 16.3 Å². The zero-order chi connectivity index (χ0) is 15.2. The topological polar surface area (TPSA) is 64.1 Å². The van der Waals surface area contributed by atoms with E-state index in [9.17, 15) is 9.18 Å². The molecule has 0 bridgehead atoms. The van der Waals surface area contributed by atoms with Crippen molar-refractivity contribution >= 4 is 23.2 Å². The number of rotatable bonds is 6. The Bertz CT molecular complexity index is 635. The number of nitrogens with one attached hydrogen (secondary N) is 1. The van der Waals surface area contributed by atoms with Crippen molar-refractivity contribution in [2.75, 3.05) is 19.1 Å². The highest BCUT2D eigenvalue weighted by atomic mass is 35.5. The van der Waals surface area contributed by atoms with Gasteiger partial charge in [0.25, 0.3) is 0 Å². The average molecular weight is 310 g/mol. The number of halogens is 2. The Balaban J connectivity index is 2.15. The number of ketones is 1. The molecule has 0 saturated heterocycles. The molecule has 110 valence electrons. The lowest BCUT2D eigenvalue weighted by Gasteiger charge is -2.10. The van der Waals surface area contributed by atoms with Crippen LogP contribution in [0.5, 0.6) is 5.75 Å². The van der Waals surface area contributed by atoms with E-state index in [-0.39, 0.29) is 16.5 Å². The van der Waals surface area contributed by atoms with Crippen molar-refractivity contribution < 1.29 is 13.9 Å². The molecule has 0 saturated carbocycles. The molecule has 2 aromatic rings. The SMILES string of the molecule is COc1ccc(CNc2ncnc(Cl)c2C(=O)CF)cc1. The Labute approximate surface area is 126 Å². The molecule has 7 heteroatoms. The minimum Gasteiger partial charge on any atom is -0.497 e. The number of anilines is 1. The first kappa shape index (κ1) is 15.2. The highest BCUT2D eigenvalue weighted by Gasteiger charge is 2.17. The van der Waals surface area contributed by atoms with Crippen molar-refractivity contribution in [1.82, 2.24) is 9.97 Å². The molecule has 0 fully saturated rings. The number of nitrogens with zero attached hydrogens (tertiary/aromatic N) is 2. The molecule has 0 aliphatic rings. The number of ether oxygens (including phenoxy) is 1. The zero-order valence-corrected chi connectivity index (χ0v) is 12.0. The van der Waals surface area contributed by atoms with Gasteiger partial charge in [-0.15, -0.1) is 0 Å². The Morgan fingerprint density at radius 3 is 2.67 bits per heavy atom. The van der Waals surface area contributed by atoms with Crippen molar-refractivity contribution in [3.63, 3.8) is 0 Å². The van der Waals surface area contributed by atoms with Gasteiger partial charge in [0, 0.05) is 6.54 Å². The lowest BCUT2D eigenvalue weighted by atomic mass is 10.2. The third kappa shape index (κ3) is 3.66. The van der Waals surface area contributed by atoms with Gasteiger partial charge in [-0.25, -0.2) is 14.4 Å². The number of hydrogen-bond donors (Lipinski definition) is 1. The van der Waals surface area contributed by atoms with Gasteiger partial charge in [0.2, 0.25) is 5.78 Å². The summed E-state index contributed by atoms with van der Waals surface area (Å²) in [5.74, 6) is 0.212. The molecule has 0 amide bonds. The van der Waals surface area contributed by atoms with Crippen LogP contribution in [0.1, 0.15) is 15.9 Å². The minimum atomic E-state index is -1.15. The molecule has 0 radical (unpaired) electrons. The second kappa shape index (κ2) is 6.99. The summed E-state index contributed by atoms with van der Waals surface area (Å²) < 4.78 is 17.6. The van der Waals surface area contributed by atoms with Crippen LogP contribution in [0.15, 0.2) is 30.6 Å². The van der Waals surface area contributed by atoms with Crippen LogP contribution in [-0.4, -0.2) is 29.5 Å². The van der Waals surface area contributed by atoms with E-state index in [2.05, 4.69) is 15.3 Å². The van der Waals surface area contributed by atoms with Gasteiger partial charge in [0.15, 0.2) is 6.67 Å².